The van der Waals surface area contributed by atoms with E-state index in [4.69, 9.17) is 0 Å². The molecule has 10 heteroatoms. The first-order chi connectivity index (χ1) is 17.0. The zero-order valence-electron chi connectivity index (χ0n) is 19.4. The maximum atomic E-state index is 13.5. The standard InChI is InChI=1S/C25H26FN7O2/c1-28-25(35)20-6-7-22(21(14-27)29-20)33-10-8-32(9-11-33)17-4-2-15(12-17)23-30-19-5-3-16(26)13-18(19)24(34)31-23/h3,5-7,13,15,17H,2,4,8-12H2,1H3,(H,28,35)(H,30,31,34). The van der Waals surface area contributed by atoms with Crippen LogP contribution in [0.5, 0.6) is 0 Å². The predicted molar refractivity (Wildman–Crippen MR) is 129 cm³/mol. The average molecular weight is 476 g/mol. The third-order valence-electron chi connectivity index (χ3n) is 7.09. The fourth-order valence-electron chi connectivity index (χ4n) is 5.23. The number of nitrogens with zero attached hydrogens (tertiary/aromatic N) is 5. The summed E-state index contributed by atoms with van der Waals surface area (Å²) >= 11 is 0. The van der Waals surface area contributed by atoms with Crippen molar-refractivity contribution in [1.82, 2.24) is 25.2 Å². The molecule has 0 bridgehead atoms. The number of carbonyl (C=O) groups excluding carboxylic acids is 1. The third-order valence-corrected chi connectivity index (χ3v) is 7.09. The number of anilines is 1. The largest absolute Gasteiger partial charge is 0.367 e. The smallest absolute Gasteiger partial charge is 0.269 e. The van der Waals surface area contributed by atoms with E-state index in [2.05, 4.69) is 36.1 Å². The van der Waals surface area contributed by atoms with Gasteiger partial charge in [-0.15, -0.1) is 0 Å². The molecule has 1 saturated heterocycles. The summed E-state index contributed by atoms with van der Waals surface area (Å²) < 4.78 is 13.5. The highest BCUT2D eigenvalue weighted by Gasteiger charge is 2.33. The highest BCUT2D eigenvalue weighted by molar-refractivity contribution is 5.92. The van der Waals surface area contributed by atoms with Crippen molar-refractivity contribution < 1.29 is 9.18 Å². The molecule has 1 amide bonds. The number of H-pyrrole nitrogens is 1. The van der Waals surface area contributed by atoms with Crippen LogP contribution in [0.15, 0.2) is 35.1 Å². The van der Waals surface area contributed by atoms with Crippen molar-refractivity contribution in [2.45, 2.75) is 31.2 Å². The summed E-state index contributed by atoms with van der Waals surface area (Å²) in [5.74, 6) is 0.0729. The molecule has 0 spiro atoms. The lowest BCUT2D eigenvalue weighted by Crippen LogP contribution is -2.50. The van der Waals surface area contributed by atoms with E-state index in [-0.39, 0.29) is 34.2 Å². The molecule has 1 aliphatic carbocycles. The minimum atomic E-state index is -0.447. The number of benzene rings is 1. The minimum Gasteiger partial charge on any atom is -0.367 e. The van der Waals surface area contributed by atoms with E-state index in [0.29, 0.717) is 17.4 Å². The van der Waals surface area contributed by atoms with Crippen molar-refractivity contribution in [3.8, 4) is 6.07 Å². The number of halogens is 1. The van der Waals surface area contributed by atoms with Crippen molar-refractivity contribution in [2.24, 2.45) is 0 Å². The molecule has 0 radical (unpaired) electrons. The Morgan fingerprint density at radius 1 is 1.17 bits per heavy atom. The lowest BCUT2D eigenvalue weighted by Gasteiger charge is -2.39. The molecule has 180 valence electrons. The summed E-state index contributed by atoms with van der Waals surface area (Å²) in [6, 6.07) is 10.1. The Bertz CT molecular complexity index is 1370. The van der Waals surface area contributed by atoms with Gasteiger partial charge in [0.1, 0.15) is 23.4 Å². The van der Waals surface area contributed by atoms with Crippen LogP contribution in [-0.2, 0) is 0 Å². The van der Waals surface area contributed by atoms with Gasteiger partial charge in [-0.2, -0.15) is 5.26 Å². The number of rotatable bonds is 4. The first kappa shape index (κ1) is 22.9. The van der Waals surface area contributed by atoms with Crippen molar-refractivity contribution in [3.63, 3.8) is 0 Å². The van der Waals surface area contributed by atoms with Gasteiger partial charge in [0, 0.05) is 45.2 Å². The Morgan fingerprint density at radius 3 is 2.71 bits per heavy atom. The Morgan fingerprint density at radius 2 is 1.97 bits per heavy atom. The second kappa shape index (κ2) is 9.43. The number of pyridine rings is 1. The Labute approximate surface area is 201 Å². The van der Waals surface area contributed by atoms with Crippen LogP contribution in [0, 0.1) is 17.1 Å². The molecule has 2 aromatic heterocycles. The number of hydrogen-bond acceptors (Lipinski definition) is 7. The zero-order chi connectivity index (χ0) is 24.5. The molecule has 1 saturated carbocycles. The van der Waals surface area contributed by atoms with Gasteiger partial charge in [0.25, 0.3) is 11.5 Å². The van der Waals surface area contributed by atoms with Gasteiger partial charge in [0.2, 0.25) is 0 Å². The molecule has 1 aromatic carbocycles. The number of aromatic nitrogens is 3. The molecule has 35 heavy (non-hydrogen) atoms. The van der Waals surface area contributed by atoms with E-state index < -0.39 is 5.82 Å². The van der Waals surface area contributed by atoms with E-state index in [0.717, 1.165) is 51.1 Å². The molecule has 5 rings (SSSR count). The van der Waals surface area contributed by atoms with E-state index >= 15 is 0 Å². The fraction of sp³-hybridized carbons (Fsp3) is 0.400. The number of fused-ring (bicyclic) bond motifs is 1. The van der Waals surface area contributed by atoms with Crippen molar-refractivity contribution in [1.29, 1.82) is 5.26 Å². The molecule has 2 unspecified atom stereocenters. The first-order valence-electron chi connectivity index (χ1n) is 11.8. The van der Waals surface area contributed by atoms with E-state index in [1.54, 1.807) is 18.2 Å². The van der Waals surface area contributed by atoms with Crippen LogP contribution in [0.4, 0.5) is 10.1 Å². The number of aromatic amines is 1. The molecule has 2 atom stereocenters. The quantitative estimate of drug-likeness (QED) is 0.594. The highest BCUT2D eigenvalue weighted by atomic mass is 19.1. The summed E-state index contributed by atoms with van der Waals surface area (Å²) in [6.45, 7) is 3.21. The van der Waals surface area contributed by atoms with Crippen molar-refractivity contribution >= 4 is 22.5 Å². The van der Waals surface area contributed by atoms with Gasteiger partial charge in [-0.1, -0.05) is 0 Å². The summed E-state index contributed by atoms with van der Waals surface area (Å²) in [5.41, 5.74) is 1.46. The molecule has 1 aliphatic heterocycles. The molecular weight excluding hydrogens is 449 g/mol. The summed E-state index contributed by atoms with van der Waals surface area (Å²) in [7, 11) is 1.53. The van der Waals surface area contributed by atoms with Gasteiger partial charge in [-0.05, 0) is 49.6 Å². The number of nitriles is 1. The molecule has 2 aliphatic rings. The fourth-order valence-corrected chi connectivity index (χ4v) is 5.23. The van der Waals surface area contributed by atoms with Crippen LogP contribution in [0.1, 0.15) is 47.2 Å². The second-order valence-corrected chi connectivity index (χ2v) is 9.05. The van der Waals surface area contributed by atoms with Gasteiger partial charge in [0.05, 0.1) is 16.6 Å². The van der Waals surface area contributed by atoms with Crippen LogP contribution < -0.4 is 15.8 Å². The van der Waals surface area contributed by atoms with Crippen LogP contribution in [0.2, 0.25) is 0 Å². The Balaban J connectivity index is 1.24. The minimum absolute atomic E-state index is 0.159. The topological polar surface area (TPSA) is 118 Å². The molecule has 2 fully saturated rings. The number of piperazine rings is 1. The summed E-state index contributed by atoms with van der Waals surface area (Å²) in [6.07, 6.45) is 2.85. The van der Waals surface area contributed by atoms with Gasteiger partial charge in [-0.25, -0.2) is 14.4 Å². The maximum absolute atomic E-state index is 13.5. The van der Waals surface area contributed by atoms with Crippen molar-refractivity contribution in [3.05, 3.63) is 63.7 Å². The Hall–Kier alpha value is -3.84. The van der Waals surface area contributed by atoms with Gasteiger partial charge in [0.15, 0.2) is 5.69 Å². The monoisotopic (exact) mass is 475 g/mol. The lowest BCUT2D eigenvalue weighted by molar-refractivity contribution is 0.0958. The third kappa shape index (κ3) is 4.47. The number of nitrogens with one attached hydrogen (secondary N) is 2. The normalized spacial score (nSPS) is 20.7. The highest BCUT2D eigenvalue weighted by Crippen LogP contribution is 2.36. The summed E-state index contributed by atoms with van der Waals surface area (Å²) in [4.78, 5) is 40.6. The van der Waals surface area contributed by atoms with Crippen LogP contribution in [0.3, 0.4) is 0 Å². The zero-order valence-corrected chi connectivity index (χ0v) is 19.4. The maximum Gasteiger partial charge on any atom is 0.269 e. The van der Waals surface area contributed by atoms with Crippen LogP contribution >= 0.6 is 0 Å². The van der Waals surface area contributed by atoms with Gasteiger partial charge < -0.3 is 15.2 Å². The second-order valence-electron chi connectivity index (χ2n) is 9.05. The number of carbonyl (C=O) groups is 1. The molecule has 3 aromatic rings. The van der Waals surface area contributed by atoms with E-state index in [9.17, 15) is 19.2 Å². The van der Waals surface area contributed by atoms with Gasteiger partial charge in [-0.3, -0.25) is 14.5 Å². The van der Waals surface area contributed by atoms with Crippen LogP contribution in [0.25, 0.3) is 10.9 Å². The first-order valence-corrected chi connectivity index (χ1v) is 11.8. The van der Waals surface area contributed by atoms with E-state index in [1.807, 2.05) is 0 Å². The van der Waals surface area contributed by atoms with Crippen LogP contribution in [-0.4, -0.2) is 65.0 Å². The molecule has 2 N–H and O–H groups in total. The molecule has 9 nitrogen and oxygen atoms in total. The molecular formula is C25H26FN7O2. The average Bonchev–Trinajstić information content (AvgIpc) is 3.39. The van der Waals surface area contributed by atoms with Crippen molar-refractivity contribution in [2.75, 3.05) is 38.1 Å². The SMILES string of the molecule is CNC(=O)c1ccc(N2CCN(C3CCC(c4nc5ccc(F)cc5c(=O)[nH]4)C3)CC2)c(C#N)n1. The number of amides is 1. The molecule has 3 heterocycles. The Kier molecular flexibility index (Phi) is 6.17. The lowest BCUT2D eigenvalue weighted by atomic mass is 10.1. The predicted octanol–water partition coefficient (Wildman–Crippen LogP) is 2.15. The van der Waals surface area contributed by atoms with Gasteiger partial charge >= 0.3 is 0 Å². The number of hydrogen-bond donors (Lipinski definition) is 2. The summed E-state index contributed by atoms with van der Waals surface area (Å²) in [5, 5.41) is 12.4. The van der Waals surface area contributed by atoms with E-state index in [1.165, 1.54) is 19.2 Å².